The molecule has 0 unspecified atom stereocenters. The Morgan fingerprint density at radius 1 is 1.22 bits per heavy atom. The summed E-state index contributed by atoms with van der Waals surface area (Å²) in [6.07, 6.45) is 0. The van der Waals surface area contributed by atoms with Crippen molar-refractivity contribution in [1.82, 2.24) is 9.78 Å². The first kappa shape index (κ1) is 12.3. The molecule has 0 saturated carbocycles. The third kappa shape index (κ3) is 2.25. The van der Waals surface area contributed by atoms with Crippen molar-refractivity contribution in [2.24, 2.45) is 0 Å². The summed E-state index contributed by atoms with van der Waals surface area (Å²) in [6, 6.07) is 8.07. The summed E-state index contributed by atoms with van der Waals surface area (Å²) in [5.41, 5.74) is 3.45. The van der Waals surface area contributed by atoms with E-state index >= 15 is 0 Å². The third-order valence-corrected chi connectivity index (χ3v) is 2.98. The smallest absolute Gasteiger partial charge is 0.258 e. The van der Waals surface area contributed by atoms with E-state index in [1.165, 1.54) is 5.56 Å². The van der Waals surface area contributed by atoms with Crippen LogP contribution in [0.1, 0.15) is 22.5 Å². The number of benzene rings is 1. The van der Waals surface area contributed by atoms with Crippen LogP contribution in [0.15, 0.2) is 24.3 Å². The lowest BCUT2D eigenvalue weighted by Crippen LogP contribution is -2.04. The molecule has 94 valence electrons. The fraction of sp³-hybridized carbons (Fsp3) is 0.308. The van der Waals surface area contributed by atoms with Crippen LogP contribution < -0.4 is 0 Å². The minimum absolute atomic E-state index is 0.113. The molecule has 1 aromatic carbocycles. The van der Waals surface area contributed by atoms with Crippen molar-refractivity contribution < 1.29 is 4.92 Å². The van der Waals surface area contributed by atoms with Gasteiger partial charge in [0, 0.05) is 0 Å². The minimum atomic E-state index is -0.372. The summed E-state index contributed by atoms with van der Waals surface area (Å²) < 4.78 is 1.68. The van der Waals surface area contributed by atoms with Crippen LogP contribution in [0, 0.1) is 30.9 Å². The van der Waals surface area contributed by atoms with E-state index in [0.717, 1.165) is 5.56 Å². The van der Waals surface area contributed by atoms with Crippen LogP contribution in [-0.2, 0) is 6.54 Å². The van der Waals surface area contributed by atoms with Crippen LogP contribution in [0.2, 0.25) is 0 Å². The monoisotopic (exact) mass is 245 g/mol. The maximum absolute atomic E-state index is 10.9. The predicted octanol–water partition coefficient (Wildman–Crippen LogP) is 2.76. The number of hydrogen-bond acceptors (Lipinski definition) is 3. The molecule has 1 aromatic heterocycles. The first-order valence-electron chi connectivity index (χ1n) is 5.73. The average Bonchev–Trinajstić information content (AvgIpc) is 2.57. The van der Waals surface area contributed by atoms with Gasteiger partial charge in [0.15, 0.2) is 0 Å². The highest BCUT2D eigenvalue weighted by Gasteiger charge is 2.21. The van der Waals surface area contributed by atoms with Crippen LogP contribution in [-0.4, -0.2) is 14.7 Å². The van der Waals surface area contributed by atoms with E-state index in [1.54, 1.807) is 18.5 Å². The van der Waals surface area contributed by atoms with Crippen molar-refractivity contribution >= 4 is 5.69 Å². The SMILES string of the molecule is Cc1ccc(Cn2nc(C)c([N+](=O)[O-])c2C)cc1. The van der Waals surface area contributed by atoms with Crippen molar-refractivity contribution in [2.45, 2.75) is 27.3 Å². The molecule has 0 bridgehead atoms. The maximum atomic E-state index is 10.9. The van der Waals surface area contributed by atoms with Gasteiger partial charge in [-0.3, -0.25) is 14.8 Å². The molecule has 0 aliphatic carbocycles. The second-order valence-electron chi connectivity index (χ2n) is 4.42. The van der Waals surface area contributed by atoms with Crippen LogP contribution in [0.4, 0.5) is 5.69 Å². The minimum Gasteiger partial charge on any atom is -0.258 e. The number of nitro groups is 1. The normalized spacial score (nSPS) is 10.6. The Hall–Kier alpha value is -2.17. The molecule has 2 aromatic rings. The molecule has 0 N–H and O–H groups in total. The Morgan fingerprint density at radius 3 is 2.33 bits per heavy atom. The van der Waals surface area contributed by atoms with E-state index in [1.807, 2.05) is 31.2 Å². The topological polar surface area (TPSA) is 61.0 Å². The molecule has 0 fully saturated rings. The molecule has 0 radical (unpaired) electrons. The van der Waals surface area contributed by atoms with Crippen molar-refractivity contribution in [2.75, 3.05) is 0 Å². The first-order chi connectivity index (χ1) is 8.49. The Bertz CT molecular complexity index is 585. The van der Waals surface area contributed by atoms with Crippen LogP contribution in [0.5, 0.6) is 0 Å². The van der Waals surface area contributed by atoms with Gasteiger partial charge in [-0.25, -0.2) is 0 Å². The summed E-state index contributed by atoms with van der Waals surface area (Å²) in [6.45, 7) is 5.97. The van der Waals surface area contributed by atoms with Crippen LogP contribution in [0.25, 0.3) is 0 Å². The zero-order chi connectivity index (χ0) is 13.3. The molecule has 0 aliphatic heterocycles. The predicted molar refractivity (Wildman–Crippen MR) is 68.6 cm³/mol. The van der Waals surface area contributed by atoms with Crippen molar-refractivity contribution in [3.05, 3.63) is 56.9 Å². The van der Waals surface area contributed by atoms with Crippen LogP contribution >= 0.6 is 0 Å². The molecule has 2 rings (SSSR count). The lowest BCUT2D eigenvalue weighted by molar-refractivity contribution is -0.386. The molecule has 0 spiro atoms. The molecule has 1 heterocycles. The van der Waals surface area contributed by atoms with Gasteiger partial charge < -0.3 is 0 Å². The summed E-state index contributed by atoms with van der Waals surface area (Å²) in [7, 11) is 0. The number of aromatic nitrogens is 2. The van der Waals surface area contributed by atoms with Crippen molar-refractivity contribution in [3.8, 4) is 0 Å². The van der Waals surface area contributed by atoms with Crippen molar-refractivity contribution in [1.29, 1.82) is 0 Å². The maximum Gasteiger partial charge on any atom is 0.312 e. The fourth-order valence-electron chi connectivity index (χ4n) is 1.97. The fourth-order valence-corrected chi connectivity index (χ4v) is 1.97. The molecule has 5 nitrogen and oxygen atoms in total. The van der Waals surface area contributed by atoms with Crippen LogP contribution in [0.3, 0.4) is 0 Å². The molecule has 5 heteroatoms. The van der Waals surface area contributed by atoms with Gasteiger partial charge in [0.25, 0.3) is 0 Å². The van der Waals surface area contributed by atoms with Gasteiger partial charge in [-0.05, 0) is 26.3 Å². The number of nitrogens with zero attached hydrogens (tertiary/aromatic N) is 3. The van der Waals surface area contributed by atoms with E-state index in [-0.39, 0.29) is 10.6 Å². The zero-order valence-electron chi connectivity index (χ0n) is 10.7. The van der Waals surface area contributed by atoms with Gasteiger partial charge in [0.1, 0.15) is 11.4 Å². The van der Waals surface area contributed by atoms with Gasteiger partial charge in [0.05, 0.1) is 11.5 Å². The highest BCUT2D eigenvalue weighted by Crippen LogP contribution is 2.22. The highest BCUT2D eigenvalue weighted by atomic mass is 16.6. The van der Waals surface area contributed by atoms with Gasteiger partial charge in [-0.15, -0.1) is 0 Å². The van der Waals surface area contributed by atoms with E-state index in [2.05, 4.69) is 5.10 Å². The highest BCUT2D eigenvalue weighted by molar-refractivity contribution is 5.39. The van der Waals surface area contributed by atoms with Gasteiger partial charge in [-0.2, -0.15) is 5.10 Å². The lowest BCUT2D eigenvalue weighted by atomic mass is 10.1. The largest absolute Gasteiger partial charge is 0.312 e. The average molecular weight is 245 g/mol. The van der Waals surface area contributed by atoms with E-state index in [0.29, 0.717) is 17.9 Å². The Morgan fingerprint density at radius 2 is 1.83 bits per heavy atom. The van der Waals surface area contributed by atoms with E-state index in [9.17, 15) is 10.1 Å². The molecular formula is C13H15N3O2. The Balaban J connectivity index is 2.33. The Labute approximate surface area is 105 Å². The number of hydrogen-bond donors (Lipinski definition) is 0. The van der Waals surface area contributed by atoms with Gasteiger partial charge in [-0.1, -0.05) is 29.8 Å². The first-order valence-corrected chi connectivity index (χ1v) is 5.73. The Kier molecular flexibility index (Phi) is 3.14. The second-order valence-corrected chi connectivity index (χ2v) is 4.42. The zero-order valence-corrected chi connectivity index (χ0v) is 10.7. The lowest BCUT2D eigenvalue weighted by Gasteiger charge is -2.04. The molecule has 18 heavy (non-hydrogen) atoms. The van der Waals surface area contributed by atoms with E-state index in [4.69, 9.17) is 0 Å². The third-order valence-electron chi connectivity index (χ3n) is 2.98. The molecule has 0 amide bonds. The standard InChI is InChI=1S/C13H15N3O2/c1-9-4-6-12(7-5-9)8-15-11(3)13(16(17)18)10(2)14-15/h4-7H,8H2,1-3H3. The summed E-state index contributed by atoms with van der Waals surface area (Å²) >= 11 is 0. The number of aryl methyl sites for hydroxylation is 2. The molecule has 0 saturated heterocycles. The molecule has 0 atom stereocenters. The summed E-state index contributed by atoms with van der Waals surface area (Å²) in [4.78, 5) is 10.5. The molecule has 0 aliphatic rings. The molecular weight excluding hydrogens is 230 g/mol. The second kappa shape index (κ2) is 4.60. The summed E-state index contributed by atoms with van der Waals surface area (Å²) in [5.74, 6) is 0. The quantitative estimate of drug-likeness (QED) is 0.617. The van der Waals surface area contributed by atoms with Gasteiger partial charge >= 0.3 is 5.69 Å². The van der Waals surface area contributed by atoms with Gasteiger partial charge in [0.2, 0.25) is 0 Å². The summed E-state index contributed by atoms with van der Waals surface area (Å²) in [5, 5.41) is 15.1. The number of rotatable bonds is 3. The van der Waals surface area contributed by atoms with E-state index < -0.39 is 0 Å². The van der Waals surface area contributed by atoms with Crippen molar-refractivity contribution in [3.63, 3.8) is 0 Å².